The maximum absolute atomic E-state index is 12.9. The van der Waals surface area contributed by atoms with Gasteiger partial charge in [-0.05, 0) is 36.7 Å². The van der Waals surface area contributed by atoms with Crippen LogP contribution in [-0.2, 0) is 0 Å². The fourth-order valence-corrected chi connectivity index (χ4v) is 2.86. The molecule has 110 valence electrons. The molecular formula is C14H15FN4OS. The number of amides is 1. The van der Waals surface area contributed by atoms with Crippen molar-refractivity contribution in [3.05, 3.63) is 40.8 Å². The van der Waals surface area contributed by atoms with Crippen molar-refractivity contribution in [1.29, 1.82) is 0 Å². The summed E-state index contributed by atoms with van der Waals surface area (Å²) < 4.78 is 17.0. The van der Waals surface area contributed by atoms with Crippen molar-refractivity contribution in [1.82, 2.24) is 14.3 Å². The first-order chi connectivity index (χ1) is 10.1. The molecule has 2 aromatic rings. The Morgan fingerprint density at radius 3 is 2.62 bits per heavy atom. The largest absolute Gasteiger partial charge is 0.353 e. The number of nitrogens with zero attached hydrogens (tertiary/aromatic N) is 4. The van der Waals surface area contributed by atoms with E-state index >= 15 is 0 Å². The predicted molar refractivity (Wildman–Crippen MR) is 79.2 cm³/mol. The lowest BCUT2D eigenvalue weighted by Gasteiger charge is -2.35. The second kappa shape index (κ2) is 5.77. The Balaban J connectivity index is 1.62. The average Bonchev–Trinajstić information content (AvgIpc) is 2.94. The highest BCUT2D eigenvalue weighted by Gasteiger charge is 2.24. The number of carbonyl (C=O) groups is 1. The molecule has 0 aromatic carbocycles. The quantitative estimate of drug-likeness (QED) is 0.851. The molecule has 0 aliphatic carbocycles. The number of aromatic nitrogens is 2. The monoisotopic (exact) mass is 306 g/mol. The number of pyridine rings is 1. The molecule has 1 aliphatic rings. The highest BCUT2D eigenvalue weighted by atomic mass is 32.1. The van der Waals surface area contributed by atoms with E-state index in [0.717, 1.165) is 10.7 Å². The summed E-state index contributed by atoms with van der Waals surface area (Å²) in [4.78, 5) is 21.2. The summed E-state index contributed by atoms with van der Waals surface area (Å²) in [5.41, 5.74) is 0.519. The third-order valence-corrected chi connectivity index (χ3v) is 4.14. The summed E-state index contributed by atoms with van der Waals surface area (Å²) in [5, 5.41) is 0. The lowest BCUT2D eigenvalue weighted by molar-refractivity contribution is 0.0742. The Morgan fingerprint density at radius 2 is 2.05 bits per heavy atom. The molecule has 1 saturated heterocycles. The minimum absolute atomic E-state index is 0.0222. The van der Waals surface area contributed by atoms with Gasteiger partial charge in [0.2, 0.25) is 0 Å². The van der Waals surface area contributed by atoms with E-state index in [1.165, 1.54) is 23.8 Å². The molecule has 3 rings (SSSR count). The van der Waals surface area contributed by atoms with Crippen LogP contribution in [0.3, 0.4) is 0 Å². The van der Waals surface area contributed by atoms with Crippen molar-refractivity contribution in [3.8, 4) is 0 Å². The zero-order valence-corrected chi connectivity index (χ0v) is 12.4. The van der Waals surface area contributed by atoms with Crippen LogP contribution in [0.1, 0.15) is 15.4 Å². The van der Waals surface area contributed by atoms with Crippen molar-refractivity contribution < 1.29 is 9.18 Å². The van der Waals surface area contributed by atoms with Crippen LogP contribution in [0.2, 0.25) is 0 Å². The first-order valence-electron chi connectivity index (χ1n) is 6.72. The Kier molecular flexibility index (Phi) is 3.83. The Bertz CT molecular complexity index is 635. The zero-order valence-electron chi connectivity index (χ0n) is 11.6. The molecule has 1 aliphatic heterocycles. The first-order valence-corrected chi connectivity index (χ1v) is 7.50. The van der Waals surface area contributed by atoms with Gasteiger partial charge in [0.25, 0.3) is 5.91 Å². The van der Waals surface area contributed by atoms with Crippen LogP contribution < -0.4 is 4.90 Å². The smallest absolute Gasteiger partial charge is 0.273 e. The Hall–Kier alpha value is -2.02. The second-order valence-electron chi connectivity index (χ2n) is 4.94. The van der Waals surface area contributed by atoms with Gasteiger partial charge in [-0.25, -0.2) is 9.37 Å². The standard InChI is InChI=1S/C14H15FN4OS/c1-10-8-12(17-21-10)14(20)19-6-4-18(5-7-19)13-3-2-11(15)9-16-13/h2-3,8-9H,4-7H2,1H3. The Morgan fingerprint density at radius 1 is 1.29 bits per heavy atom. The third kappa shape index (κ3) is 3.02. The number of hydrogen-bond donors (Lipinski definition) is 0. The lowest BCUT2D eigenvalue weighted by Crippen LogP contribution is -2.49. The molecule has 0 saturated carbocycles. The molecule has 0 spiro atoms. The number of halogens is 1. The van der Waals surface area contributed by atoms with Gasteiger partial charge in [0.1, 0.15) is 17.3 Å². The molecule has 5 nitrogen and oxygen atoms in total. The maximum atomic E-state index is 12.9. The minimum Gasteiger partial charge on any atom is -0.353 e. The van der Waals surface area contributed by atoms with Gasteiger partial charge in [-0.15, -0.1) is 0 Å². The molecule has 0 radical (unpaired) electrons. The van der Waals surface area contributed by atoms with E-state index < -0.39 is 0 Å². The maximum Gasteiger partial charge on any atom is 0.273 e. The molecule has 0 atom stereocenters. The van der Waals surface area contributed by atoms with E-state index in [4.69, 9.17) is 0 Å². The molecule has 7 heteroatoms. The summed E-state index contributed by atoms with van der Waals surface area (Å²) in [6.45, 7) is 4.55. The molecule has 2 aromatic heterocycles. The van der Waals surface area contributed by atoms with E-state index in [0.29, 0.717) is 31.9 Å². The fraction of sp³-hybridized carbons (Fsp3) is 0.357. The van der Waals surface area contributed by atoms with Gasteiger partial charge >= 0.3 is 0 Å². The number of anilines is 1. The van der Waals surface area contributed by atoms with Gasteiger partial charge in [0.15, 0.2) is 0 Å². The zero-order chi connectivity index (χ0) is 14.8. The van der Waals surface area contributed by atoms with E-state index in [1.54, 1.807) is 11.0 Å². The fourth-order valence-electron chi connectivity index (χ4n) is 2.32. The van der Waals surface area contributed by atoms with Crippen LogP contribution in [0, 0.1) is 12.7 Å². The van der Waals surface area contributed by atoms with Gasteiger partial charge in [-0.3, -0.25) is 4.79 Å². The molecule has 0 bridgehead atoms. The summed E-state index contributed by atoms with van der Waals surface area (Å²) in [6, 6.07) is 4.88. The summed E-state index contributed by atoms with van der Waals surface area (Å²) in [7, 11) is 0. The van der Waals surface area contributed by atoms with Crippen LogP contribution in [0.15, 0.2) is 24.4 Å². The van der Waals surface area contributed by atoms with Gasteiger partial charge in [0.05, 0.1) is 6.20 Å². The molecule has 1 amide bonds. The number of piperazine rings is 1. The van der Waals surface area contributed by atoms with Gasteiger partial charge in [0, 0.05) is 31.1 Å². The van der Waals surface area contributed by atoms with Crippen molar-refractivity contribution in [3.63, 3.8) is 0 Å². The van der Waals surface area contributed by atoms with Crippen LogP contribution >= 0.6 is 11.5 Å². The predicted octanol–water partition coefficient (Wildman–Crippen LogP) is 1.95. The van der Waals surface area contributed by atoms with E-state index in [-0.39, 0.29) is 11.7 Å². The molecule has 21 heavy (non-hydrogen) atoms. The van der Waals surface area contributed by atoms with Crippen molar-refractivity contribution in [2.75, 3.05) is 31.1 Å². The molecule has 1 fully saturated rings. The van der Waals surface area contributed by atoms with Crippen molar-refractivity contribution in [2.45, 2.75) is 6.92 Å². The summed E-state index contributed by atoms with van der Waals surface area (Å²) >= 11 is 1.34. The SMILES string of the molecule is Cc1cc(C(=O)N2CCN(c3ccc(F)cn3)CC2)ns1. The molecular weight excluding hydrogens is 291 g/mol. The molecule has 0 unspecified atom stereocenters. The van der Waals surface area contributed by atoms with Crippen LogP contribution in [0.5, 0.6) is 0 Å². The molecule has 0 N–H and O–H groups in total. The average molecular weight is 306 g/mol. The topological polar surface area (TPSA) is 49.3 Å². The lowest BCUT2D eigenvalue weighted by atomic mass is 10.2. The normalized spacial score (nSPS) is 15.3. The number of aryl methyl sites for hydroxylation is 1. The van der Waals surface area contributed by atoms with Crippen molar-refractivity contribution >= 4 is 23.3 Å². The molecule has 3 heterocycles. The third-order valence-electron chi connectivity index (χ3n) is 3.45. The van der Waals surface area contributed by atoms with Crippen LogP contribution in [-0.4, -0.2) is 46.3 Å². The number of carbonyl (C=O) groups excluding carboxylic acids is 1. The van der Waals surface area contributed by atoms with E-state index in [9.17, 15) is 9.18 Å². The number of rotatable bonds is 2. The van der Waals surface area contributed by atoms with Crippen LogP contribution in [0.25, 0.3) is 0 Å². The van der Waals surface area contributed by atoms with Crippen molar-refractivity contribution in [2.24, 2.45) is 0 Å². The van der Waals surface area contributed by atoms with E-state index in [2.05, 4.69) is 14.3 Å². The highest BCUT2D eigenvalue weighted by Crippen LogP contribution is 2.16. The Labute approximate surface area is 126 Å². The summed E-state index contributed by atoms with van der Waals surface area (Å²) in [6.07, 6.45) is 1.21. The van der Waals surface area contributed by atoms with Gasteiger partial charge < -0.3 is 9.80 Å². The summed E-state index contributed by atoms with van der Waals surface area (Å²) in [5.74, 6) is 0.380. The van der Waals surface area contributed by atoms with Gasteiger partial charge in [-0.1, -0.05) is 0 Å². The highest BCUT2D eigenvalue weighted by molar-refractivity contribution is 7.05. The number of hydrogen-bond acceptors (Lipinski definition) is 5. The van der Waals surface area contributed by atoms with E-state index in [1.807, 2.05) is 13.0 Å². The first kappa shape index (κ1) is 13.9. The second-order valence-corrected chi connectivity index (χ2v) is 5.95. The van der Waals surface area contributed by atoms with Gasteiger partial charge in [-0.2, -0.15) is 4.37 Å². The minimum atomic E-state index is -0.341. The van der Waals surface area contributed by atoms with Crippen LogP contribution in [0.4, 0.5) is 10.2 Å².